The molecule has 0 amide bonds. The van der Waals surface area contributed by atoms with Gasteiger partial charge in [-0.05, 0) is 42.4 Å². The molecule has 1 aliphatic heterocycles. The van der Waals surface area contributed by atoms with Crippen LogP contribution in [0.3, 0.4) is 0 Å². The van der Waals surface area contributed by atoms with Crippen LogP contribution >= 0.6 is 23.1 Å². The monoisotopic (exact) mass is 306 g/mol. The lowest BCUT2D eigenvalue weighted by molar-refractivity contribution is 0.338. The third-order valence-electron chi connectivity index (χ3n) is 3.36. The molecule has 106 valence electrons. The third-order valence-corrected chi connectivity index (χ3v) is 5.69. The average molecular weight is 306 g/mol. The Balaban J connectivity index is 1.86. The zero-order chi connectivity index (χ0) is 13.9. The van der Waals surface area contributed by atoms with E-state index < -0.39 is 0 Å². The molecule has 0 aliphatic carbocycles. The molecule has 0 saturated carbocycles. The lowest BCUT2D eigenvalue weighted by Crippen LogP contribution is -2.10. The van der Waals surface area contributed by atoms with Crippen molar-refractivity contribution < 1.29 is 4.74 Å². The predicted molar refractivity (Wildman–Crippen MR) is 85.6 cm³/mol. The molecule has 3 rings (SSSR count). The molecule has 2 N–H and O–H groups in total. The van der Waals surface area contributed by atoms with Gasteiger partial charge in [0.25, 0.3) is 0 Å². The highest BCUT2D eigenvalue weighted by Crippen LogP contribution is 2.35. The summed E-state index contributed by atoms with van der Waals surface area (Å²) in [4.78, 5) is 6.96. The molecular formula is C15H18N2OS2. The second-order valence-corrected chi connectivity index (χ2v) is 7.04. The number of ether oxygens (including phenoxy) is 1. The molecule has 1 atom stereocenters. The lowest BCUT2D eigenvalue weighted by atomic mass is 10.1. The predicted octanol–water partition coefficient (Wildman–Crippen LogP) is 3.38. The van der Waals surface area contributed by atoms with Crippen molar-refractivity contribution in [2.24, 2.45) is 5.73 Å². The molecule has 2 aromatic heterocycles. The van der Waals surface area contributed by atoms with Crippen LogP contribution in [-0.2, 0) is 12.2 Å². The minimum Gasteiger partial charge on any atom is -0.492 e. The molecule has 1 aliphatic rings. The summed E-state index contributed by atoms with van der Waals surface area (Å²) in [5.74, 6) is 3.14. The fraction of sp³-hybridized carbons (Fsp3) is 0.400. The Bertz CT molecular complexity index is 574. The van der Waals surface area contributed by atoms with Crippen molar-refractivity contribution in [3.05, 3.63) is 45.4 Å². The first-order valence-corrected chi connectivity index (χ1v) is 8.77. The van der Waals surface area contributed by atoms with Gasteiger partial charge in [0.15, 0.2) is 0 Å². The fourth-order valence-electron chi connectivity index (χ4n) is 2.34. The topological polar surface area (TPSA) is 48.1 Å². The second kappa shape index (κ2) is 6.16. The van der Waals surface area contributed by atoms with Crippen LogP contribution in [0.2, 0.25) is 0 Å². The standard InChI is InChI=1S/C15H18N2OS2/c1-2-18-12-5-10(7-17-8-12)15(16)14-6-11-9-19-4-3-13(11)20-14/h5-8,15H,2-4,9,16H2,1H3. The zero-order valence-electron chi connectivity index (χ0n) is 11.5. The molecule has 0 saturated heterocycles. The van der Waals surface area contributed by atoms with Crippen molar-refractivity contribution in [2.75, 3.05) is 12.4 Å². The summed E-state index contributed by atoms with van der Waals surface area (Å²) in [6.07, 6.45) is 4.74. The van der Waals surface area contributed by atoms with Crippen molar-refractivity contribution in [3.8, 4) is 5.75 Å². The van der Waals surface area contributed by atoms with E-state index in [1.165, 1.54) is 27.5 Å². The maximum Gasteiger partial charge on any atom is 0.137 e. The molecule has 0 bridgehead atoms. The van der Waals surface area contributed by atoms with Gasteiger partial charge in [-0.15, -0.1) is 11.3 Å². The number of thioether (sulfide) groups is 1. The highest BCUT2D eigenvalue weighted by atomic mass is 32.2. The first-order valence-electron chi connectivity index (χ1n) is 6.80. The summed E-state index contributed by atoms with van der Waals surface area (Å²) in [5.41, 5.74) is 8.88. The van der Waals surface area contributed by atoms with Gasteiger partial charge in [0.1, 0.15) is 5.75 Å². The highest BCUT2D eigenvalue weighted by molar-refractivity contribution is 7.98. The van der Waals surface area contributed by atoms with Crippen LogP contribution in [0.15, 0.2) is 24.5 Å². The Labute approximate surface area is 127 Å². The first kappa shape index (κ1) is 13.9. The molecule has 3 heterocycles. The van der Waals surface area contributed by atoms with Crippen LogP contribution < -0.4 is 10.5 Å². The third kappa shape index (κ3) is 2.85. The normalized spacial score (nSPS) is 15.7. The smallest absolute Gasteiger partial charge is 0.137 e. The minimum absolute atomic E-state index is 0.108. The number of thiophene rings is 1. The number of nitrogens with two attached hydrogens (primary N) is 1. The van der Waals surface area contributed by atoms with Crippen LogP contribution in [0.5, 0.6) is 5.75 Å². The van der Waals surface area contributed by atoms with Gasteiger partial charge in [-0.2, -0.15) is 11.8 Å². The zero-order valence-corrected chi connectivity index (χ0v) is 13.1. The van der Waals surface area contributed by atoms with Gasteiger partial charge >= 0.3 is 0 Å². The van der Waals surface area contributed by atoms with Gasteiger partial charge in [-0.1, -0.05) is 0 Å². The Morgan fingerprint density at radius 3 is 3.10 bits per heavy atom. The summed E-state index contributed by atoms with van der Waals surface area (Å²) in [7, 11) is 0. The number of pyridine rings is 1. The maximum absolute atomic E-state index is 6.40. The quantitative estimate of drug-likeness (QED) is 0.941. The number of aryl methyl sites for hydroxylation is 1. The van der Waals surface area contributed by atoms with E-state index in [4.69, 9.17) is 10.5 Å². The number of hydrogen-bond acceptors (Lipinski definition) is 5. The van der Waals surface area contributed by atoms with E-state index in [1.807, 2.05) is 42.3 Å². The molecule has 5 heteroatoms. The molecule has 0 fully saturated rings. The average Bonchev–Trinajstić information content (AvgIpc) is 2.91. The number of nitrogens with zero attached hydrogens (tertiary/aromatic N) is 1. The number of aromatic nitrogens is 1. The molecule has 2 aromatic rings. The highest BCUT2D eigenvalue weighted by Gasteiger charge is 2.18. The van der Waals surface area contributed by atoms with Crippen molar-refractivity contribution >= 4 is 23.1 Å². The molecule has 0 radical (unpaired) electrons. The van der Waals surface area contributed by atoms with E-state index in [0.29, 0.717) is 6.61 Å². The summed E-state index contributed by atoms with van der Waals surface area (Å²) in [6.45, 7) is 2.61. The Kier molecular flexibility index (Phi) is 4.29. The largest absolute Gasteiger partial charge is 0.492 e. The van der Waals surface area contributed by atoms with Crippen molar-refractivity contribution in [1.29, 1.82) is 0 Å². The van der Waals surface area contributed by atoms with E-state index in [9.17, 15) is 0 Å². The lowest BCUT2D eigenvalue weighted by Gasteiger charge is -2.11. The first-order chi connectivity index (χ1) is 9.78. The SMILES string of the molecule is CCOc1cncc(C(N)c2cc3c(s2)CCSC3)c1. The van der Waals surface area contributed by atoms with Crippen molar-refractivity contribution in [1.82, 2.24) is 4.98 Å². The van der Waals surface area contributed by atoms with Crippen LogP contribution in [-0.4, -0.2) is 17.3 Å². The van der Waals surface area contributed by atoms with Crippen molar-refractivity contribution in [2.45, 2.75) is 25.1 Å². The Morgan fingerprint density at radius 1 is 1.40 bits per heavy atom. The second-order valence-electron chi connectivity index (χ2n) is 4.76. The van der Waals surface area contributed by atoms with Gasteiger partial charge in [-0.25, -0.2) is 0 Å². The Hall–Kier alpha value is -1.04. The van der Waals surface area contributed by atoms with Crippen LogP contribution in [0, 0.1) is 0 Å². The van der Waals surface area contributed by atoms with E-state index in [-0.39, 0.29) is 6.04 Å². The van der Waals surface area contributed by atoms with Gasteiger partial charge in [0, 0.05) is 21.7 Å². The molecule has 0 spiro atoms. The molecule has 0 aromatic carbocycles. The molecular weight excluding hydrogens is 288 g/mol. The van der Waals surface area contributed by atoms with Crippen molar-refractivity contribution in [3.63, 3.8) is 0 Å². The molecule has 20 heavy (non-hydrogen) atoms. The van der Waals surface area contributed by atoms with E-state index in [2.05, 4.69) is 11.1 Å². The molecule has 1 unspecified atom stereocenters. The summed E-state index contributed by atoms with van der Waals surface area (Å²) in [5, 5.41) is 0. The fourth-order valence-corrected chi connectivity index (χ4v) is 4.74. The maximum atomic E-state index is 6.40. The van der Waals surface area contributed by atoms with Gasteiger partial charge in [-0.3, -0.25) is 4.98 Å². The van der Waals surface area contributed by atoms with Crippen LogP contribution in [0.1, 0.15) is 33.8 Å². The summed E-state index contributed by atoms with van der Waals surface area (Å²) < 4.78 is 5.50. The Morgan fingerprint density at radius 2 is 2.30 bits per heavy atom. The van der Waals surface area contributed by atoms with E-state index in [0.717, 1.165) is 17.1 Å². The number of hydrogen-bond donors (Lipinski definition) is 1. The summed E-state index contributed by atoms with van der Waals surface area (Å²) in [6, 6.07) is 4.15. The number of fused-ring (bicyclic) bond motifs is 1. The van der Waals surface area contributed by atoms with E-state index >= 15 is 0 Å². The van der Waals surface area contributed by atoms with Gasteiger partial charge in [0.05, 0.1) is 18.8 Å². The van der Waals surface area contributed by atoms with E-state index in [1.54, 1.807) is 6.20 Å². The van der Waals surface area contributed by atoms with Crippen LogP contribution in [0.4, 0.5) is 0 Å². The van der Waals surface area contributed by atoms with Crippen LogP contribution in [0.25, 0.3) is 0 Å². The van der Waals surface area contributed by atoms with Gasteiger partial charge < -0.3 is 10.5 Å². The molecule has 3 nitrogen and oxygen atoms in total. The van der Waals surface area contributed by atoms with Gasteiger partial charge in [0.2, 0.25) is 0 Å². The minimum atomic E-state index is -0.108. The number of rotatable bonds is 4. The summed E-state index contributed by atoms with van der Waals surface area (Å²) >= 11 is 3.85.